The molecule has 94 valence electrons. The highest BCUT2D eigenvalue weighted by Crippen LogP contribution is 2.21. The van der Waals surface area contributed by atoms with E-state index >= 15 is 0 Å². The lowest BCUT2D eigenvalue weighted by atomic mass is 10.1. The van der Waals surface area contributed by atoms with Crippen LogP contribution in [-0.4, -0.2) is 5.78 Å². The second-order valence-corrected chi connectivity index (χ2v) is 4.17. The number of hydrogen-bond donors (Lipinski definition) is 0. The molecule has 0 fully saturated rings. The minimum absolute atomic E-state index is 0.162. The van der Waals surface area contributed by atoms with Crippen LogP contribution >= 0.6 is 0 Å². The number of halogens is 1. The maximum atomic E-state index is 13.0. The molecule has 0 atom stereocenters. The average molecular weight is 246 g/mol. The molecule has 2 nitrogen and oxygen atoms in total. The van der Waals surface area contributed by atoms with Gasteiger partial charge in [-0.2, -0.15) is 0 Å². The maximum Gasteiger partial charge on any atom is 0.220 e. The topological polar surface area (TPSA) is 30.2 Å². The third-order valence-corrected chi connectivity index (χ3v) is 2.96. The zero-order valence-corrected chi connectivity index (χ0v) is 10.5. The first-order valence-electron chi connectivity index (χ1n) is 6.07. The first-order chi connectivity index (χ1) is 8.63. The number of benzene rings is 1. The van der Waals surface area contributed by atoms with Crippen LogP contribution in [0.4, 0.5) is 4.39 Å². The van der Waals surface area contributed by atoms with E-state index in [2.05, 4.69) is 0 Å². The molecule has 0 aliphatic heterocycles. The molecule has 3 heteroatoms. The molecule has 0 spiro atoms. The molecule has 0 bridgehead atoms. The number of carbonyl (C=O) groups excluding carboxylic acids is 1. The van der Waals surface area contributed by atoms with Gasteiger partial charge in [0.25, 0.3) is 0 Å². The Balaban J connectivity index is 2.36. The summed E-state index contributed by atoms with van der Waals surface area (Å²) in [7, 11) is 0. The number of furan rings is 1. The van der Waals surface area contributed by atoms with Crippen LogP contribution in [0.5, 0.6) is 0 Å². The summed E-state index contributed by atoms with van der Waals surface area (Å²) >= 11 is 0. The summed E-state index contributed by atoms with van der Waals surface area (Å²) in [6.07, 6.45) is 3.29. The molecule has 1 heterocycles. The summed E-state index contributed by atoms with van der Waals surface area (Å²) in [4.78, 5) is 12.0. The van der Waals surface area contributed by atoms with Crippen LogP contribution in [0.25, 0.3) is 11.0 Å². The third kappa shape index (κ3) is 2.50. The van der Waals surface area contributed by atoms with Gasteiger partial charge >= 0.3 is 0 Å². The third-order valence-electron chi connectivity index (χ3n) is 2.96. The van der Waals surface area contributed by atoms with E-state index < -0.39 is 0 Å². The highest BCUT2D eigenvalue weighted by molar-refractivity contribution is 6.05. The predicted octanol–water partition coefficient (Wildman–Crippen LogP) is 4.50. The van der Waals surface area contributed by atoms with Crippen molar-refractivity contribution in [3.05, 3.63) is 47.5 Å². The van der Waals surface area contributed by atoms with Crippen LogP contribution in [0.3, 0.4) is 0 Å². The Hall–Kier alpha value is -1.90. The molecule has 2 aromatic rings. The Morgan fingerprint density at radius 2 is 2.00 bits per heavy atom. The van der Waals surface area contributed by atoms with Crippen molar-refractivity contribution < 1.29 is 13.6 Å². The van der Waals surface area contributed by atoms with Crippen molar-refractivity contribution in [1.82, 2.24) is 0 Å². The predicted molar refractivity (Wildman–Crippen MR) is 69.2 cm³/mol. The Morgan fingerprint density at radius 1 is 1.28 bits per heavy atom. The molecule has 1 aromatic heterocycles. The number of rotatable bonds is 4. The van der Waals surface area contributed by atoms with Gasteiger partial charge < -0.3 is 4.42 Å². The van der Waals surface area contributed by atoms with Crippen molar-refractivity contribution in [2.75, 3.05) is 0 Å². The normalized spacial score (nSPS) is 10.6. The van der Waals surface area contributed by atoms with E-state index in [1.54, 1.807) is 12.1 Å². The maximum absolute atomic E-state index is 13.0. The van der Waals surface area contributed by atoms with Gasteiger partial charge in [-0.05, 0) is 43.2 Å². The van der Waals surface area contributed by atoms with E-state index in [4.69, 9.17) is 4.42 Å². The van der Waals surface area contributed by atoms with Gasteiger partial charge in [0, 0.05) is 5.39 Å². The molecule has 0 radical (unpaired) electrons. The second-order valence-electron chi connectivity index (χ2n) is 4.17. The Labute approximate surface area is 105 Å². The summed E-state index contributed by atoms with van der Waals surface area (Å²) in [6, 6.07) is 5.80. The lowest BCUT2D eigenvalue weighted by molar-refractivity contribution is 0.102. The first kappa shape index (κ1) is 12.6. The van der Waals surface area contributed by atoms with Gasteiger partial charge in [-0.1, -0.05) is 19.4 Å². The van der Waals surface area contributed by atoms with Crippen molar-refractivity contribution in [1.29, 1.82) is 0 Å². The lowest BCUT2D eigenvalue weighted by Crippen LogP contribution is -1.93. The molecule has 18 heavy (non-hydrogen) atoms. The van der Waals surface area contributed by atoms with Crippen molar-refractivity contribution in [2.45, 2.75) is 26.7 Å². The Bertz CT molecular complexity index is 602. The zero-order valence-electron chi connectivity index (χ0n) is 10.5. The van der Waals surface area contributed by atoms with E-state index in [9.17, 15) is 9.18 Å². The summed E-state index contributed by atoms with van der Waals surface area (Å²) in [5, 5.41) is 0.612. The van der Waals surface area contributed by atoms with Crippen molar-refractivity contribution in [3.8, 4) is 0 Å². The van der Waals surface area contributed by atoms with E-state index in [-0.39, 0.29) is 17.4 Å². The molecule has 1 aromatic carbocycles. The average Bonchev–Trinajstić information content (AvgIpc) is 2.78. The number of fused-ring (bicyclic) bond motifs is 1. The molecular weight excluding hydrogens is 231 g/mol. The van der Waals surface area contributed by atoms with Gasteiger partial charge in [-0.25, -0.2) is 4.39 Å². The fourth-order valence-electron chi connectivity index (χ4n) is 1.85. The van der Waals surface area contributed by atoms with Crippen LogP contribution in [0.2, 0.25) is 0 Å². The molecule has 0 amide bonds. The first-order valence-corrected chi connectivity index (χ1v) is 6.07. The van der Waals surface area contributed by atoms with E-state index in [1.165, 1.54) is 18.2 Å². The zero-order chi connectivity index (χ0) is 13.1. The summed E-state index contributed by atoms with van der Waals surface area (Å²) < 4.78 is 18.4. The smallest absolute Gasteiger partial charge is 0.220 e. The van der Waals surface area contributed by atoms with Gasteiger partial charge in [0.1, 0.15) is 11.4 Å². The van der Waals surface area contributed by atoms with Gasteiger partial charge in [0.2, 0.25) is 5.78 Å². The number of carbonyl (C=O) groups is 1. The summed E-state index contributed by atoms with van der Waals surface area (Å²) in [5.41, 5.74) is 1.61. The van der Waals surface area contributed by atoms with Gasteiger partial charge in [0.15, 0.2) is 5.76 Å². The Morgan fingerprint density at radius 3 is 2.67 bits per heavy atom. The van der Waals surface area contributed by atoms with Crippen LogP contribution in [-0.2, 0) is 0 Å². The fourth-order valence-corrected chi connectivity index (χ4v) is 1.85. The molecule has 0 aliphatic rings. The number of allylic oxidation sites excluding steroid dienone is 2. The molecule has 0 unspecified atom stereocenters. The minimum atomic E-state index is -0.333. The Kier molecular flexibility index (Phi) is 3.60. The van der Waals surface area contributed by atoms with Gasteiger partial charge in [-0.3, -0.25) is 4.79 Å². The van der Waals surface area contributed by atoms with Crippen molar-refractivity contribution >= 4 is 16.8 Å². The SMILES string of the molecule is CCC(=CC(=O)c1cc2cc(F)ccc2o1)CC. The monoisotopic (exact) mass is 246 g/mol. The highest BCUT2D eigenvalue weighted by atomic mass is 19.1. The molecule has 0 aliphatic carbocycles. The highest BCUT2D eigenvalue weighted by Gasteiger charge is 2.11. The molecule has 0 N–H and O–H groups in total. The molecule has 0 saturated carbocycles. The quantitative estimate of drug-likeness (QED) is 0.587. The molecule has 2 rings (SSSR count). The standard InChI is InChI=1S/C15H15FO2/c1-3-10(4-2)7-13(17)15-9-11-8-12(16)5-6-14(11)18-15/h5-9H,3-4H2,1-2H3. The van der Waals surface area contributed by atoms with Gasteiger partial charge in [-0.15, -0.1) is 0 Å². The van der Waals surface area contributed by atoms with Crippen LogP contribution in [0, 0.1) is 5.82 Å². The van der Waals surface area contributed by atoms with Crippen molar-refractivity contribution in [2.24, 2.45) is 0 Å². The van der Waals surface area contributed by atoms with Crippen molar-refractivity contribution in [3.63, 3.8) is 0 Å². The van der Waals surface area contributed by atoms with E-state index in [1.807, 2.05) is 13.8 Å². The number of ketones is 1. The van der Waals surface area contributed by atoms with Gasteiger partial charge in [0.05, 0.1) is 0 Å². The summed E-state index contributed by atoms with van der Waals surface area (Å²) in [6.45, 7) is 4.02. The summed E-state index contributed by atoms with van der Waals surface area (Å²) in [5.74, 6) is -0.235. The van der Waals surface area contributed by atoms with Crippen LogP contribution < -0.4 is 0 Å². The minimum Gasteiger partial charge on any atom is -0.453 e. The largest absolute Gasteiger partial charge is 0.453 e. The van der Waals surface area contributed by atoms with E-state index in [0.29, 0.717) is 11.0 Å². The molecule has 0 saturated heterocycles. The fraction of sp³-hybridized carbons (Fsp3) is 0.267. The second kappa shape index (κ2) is 5.17. The molecular formula is C15H15FO2. The lowest BCUT2D eigenvalue weighted by Gasteiger charge is -1.97. The van der Waals surface area contributed by atoms with E-state index in [0.717, 1.165) is 18.4 Å². The van der Waals surface area contributed by atoms with Crippen LogP contribution in [0.1, 0.15) is 37.2 Å². The van der Waals surface area contributed by atoms with Crippen LogP contribution in [0.15, 0.2) is 40.3 Å². The number of hydrogen-bond acceptors (Lipinski definition) is 2.